The second-order valence-corrected chi connectivity index (χ2v) is 2.41. The Balaban J connectivity index is 3.69. The van der Waals surface area contributed by atoms with Gasteiger partial charge in [0.05, 0.1) is 6.61 Å². The Morgan fingerprint density at radius 1 is 1.58 bits per heavy atom. The zero-order valence-corrected chi connectivity index (χ0v) is 7.62. The Morgan fingerprint density at radius 2 is 2.25 bits per heavy atom. The molecule has 3 nitrogen and oxygen atoms in total. The van der Waals surface area contributed by atoms with E-state index in [4.69, 9.17) is 5.11 Å². The minimum atomic E-state index is -1.10. The third kappa shape index (κ3) is 4.91. The molecule has 70 valence electrons. The summed E-state index contributed by atoms with van der Waals surface area (Å²) in [7, 11) is 0. The number of unbranched alkanes of at least 4 members (excludes halogenated alkanes) is 1. The highest BCUT2D eigenvalue weighted by molar-refractivity contribution is 5.76. The van der Waals surface area contributed by atoms with Gasteiger partial charge in [-0.2, -0.15) is 0 Å². The molecule has 0 fully saturated rings. The van der Waals surface area contributed by atoms with Gasteiger partial charge in [0.15, 0.2) is 6.10 Å². The highest BCUT2D eigenvalue weighted by Gasteiger charge is 2.10. The lowest BCUT2D eigenvalue weighted by Crippen LogP contribution is -2.20. The van der Waals surface area contributed by atoms with Crippen LogP contribution in [0.2, 0.25) is 0 Å². The van der Waals surface area contributed by atoms with E-state index in [0.29, 0.717) is 6.61 Å². The Kier molecular flexibility index (Phi) is 6.38. The van der Waals surface area contributed by atoms with Crippen LogP contribution in [0.4, 0.5) is 0 Å². The average molecular weight is 172 g/mol. The molecule has 0 amide bonds. The summed E-state index contributed by atoms with van der Waals surface area (Å²) in [6.07, 6.45) is 4.02. The third-order valence-corrected chi connectivity index (χ3v) is 1.30. The number of rotatable bonds is 5. The number of esters is 1. The van der Waals surface area contributed by atoms with Gasteiger partial charge >= 0.3 is 5.97 Å². The lowest BCUT2D eigenvalue weighted by molar-refractivity contribution is -0.150. The minimum Gasteiger partial charge on any atom is -0.464 e. The van der Waals surface area contributed by atoms with Crippen LogP contribution in [0.3, 0.4) is 0 Å². The molecule has 0 aliphatic rings. The van der Waals surface area contributed by atoms with Gasteiger partial charge in [-0.3, -0.25) is 0 Å². The molecule has 0 saturated heterocycles. The summed E-state index contributed by atoms with van der Waals surface area (Å²) in [5.74, 6) is -0.579. The number of hydrogen-bond donors (Lipinski definition) is 1. The molecule has 0 aromatic heterocycles. The average Bonchev–Trinajstić information content (AvgIpc) is 2.05. The van der Waals surface area contributed by atoms with Gasteiger partial charge in [0.1, 0.15) is 0 Å². The van der Waals surface area contributed by atoms with Crippen LogP contribution >= 0.6 is 0 Å². The Labute approximate surface area is 73.0 Å². The fourth-order valence-corrected chi connectivity index (χ4v) is 0.698. The molecule has 0 heterocycles. The molecule has 0 unspecified atom stereocenters. The highest BCUT2D eigenvalue weighted by atomic mass is 16.5. The van der Waals surface area contributed by atoms with E-state index >= 15 is 0 Å². The summed E-state index contributed by atoms with van der Waals surface area (Å²) >= 11 is 0. The largest absolute Gasteiger partial charge is 0.464 e. The normalized spacial score (nSPS) is 13.2. The second kappa shape index (κ2) is 6.85. The van der Waals surface area contributed by atoms with Crippen LogP contribution < -0.4 is 0 Å². The summed E-state index contributed by atoms with van der Waals surface area (Å²) in [5, 5.41) is 9.11. The van der Waals surface area contributed by atoms with Crippen molar-refractivity contribution in [1.82, 2.24) is 0 Å². The molecular weight excluding hydrogens is 156 g/mol. The predicted molar refractivity (Wildman–Crippen MR) is 46.7 cm³/mol. The molecule has 0 radical (unpaired) electrons. The molecule has 0 aromatic carbocycles. The molecule has 0 saturated carbocycles. The van der Waals surface area contributed by atoms with E-state index in [1.165, 1.54) is 6.08 Å². The molecule has 0 rings (SSSR count). The summed E-state index contributed by atoms with van der Waals surface area (Å²) in [6.45, 7) is 4.04. The van der Waals surface area contributed by atoms with E-state index in [2.05, 4.69) is 4.74 Å². The minimum absolute atomic E-state index is 0.303. The van der Waals surface area contributed by atoms with Crippen molar-refractivity contribution in [3.05, 3.63) is 12.2 Å². The van der Waals surface area contributed by atoms with Crippen molar-refractivity contribution in [3.63, 3.8) is 0 Å². The first-order chi connectivity index (χ1) is 5.72. The maximum atomic E-state index is 10.8. The van der Waals surface area contributed by atoms with Crippen molar-refractivity contribution >= 4 is 5.97 Å². The third-order valence-electron chi connectivity index (χ3n) is 1.30. The van der Waals surface area contributed by atoms with E-state index in [1.807, 2.05) is 6.92 Å². The van der Waals surface area contributed by atoms with Gasteiger partial charge in [0.25, 0.3) is 0 Å². The molecule has 0 bridgehead atoms. The van der Waals surface area contributed by atoms with E-state index < -0.39 is 12.1 Å². The van der Waals surface area contributed by atoms with Crippen molar-refractivity contribution in [2.45, 2.75) is 32.8 Å². The number of aliphatic hydroxyl groups excluding tert-OH is 1. The Hall–Kier alpha value is -0.830. The number of ether oxygens (including phenoxy) is 1. The second-order valence-electron chi connectivity index (χ2n) is 2.41. The Morgan fingerprint density at radius 3 is 2.75 bits per heavy atom. The van der Waals surface area contributed by atoms with Crippen molar-refractivity contribution in [1.29, 1.82) is 0 Å². The molecule has 0 aliphatic carbocycles. The zero-order valence-electron chi connectivity index (χ0n) is 7.62. The van der Waals surface area contributed by atoms with Crippen molar-refractivity contribution in [3.8, 4) is 0 Å². The molecule has 1 atom stereocenters. The van der Waals surface area contributed by atoms with Crippen LogP contribution in [0.1, 0.15) is 26.7 Å². The van der Waals surface area contributed by atoms with E-state index in [-0.39, 0.29) is 0 Å². The van der Waals surface area contributed by atoms with Gasteiger partial charge in [0.2, 0.25) is 0 Å². The van der Waals surface area contributed by atoms with E-state index in [9.17, 15) is 4.79 Å². The van der Waals surface area contributed by atoms with Gasteiger partial charge in [-0.25, -0.2) is 4.79 Å². The zero-order chi connectivity index (χ0) is 9.40. The summed E-state index contributed by atoms with van der Waals surface area (Å²) in [6, 6.07) is 0. The Bertz CT molecular complexity index is 152. The van der Waals surface area contributed by atoms with Crippen LogP contribution in [0, 0.1) is 0 Å². The van der Waals surface area contributed by atoms with Crippen molar-refractivity contribution in [2.24, 2.45) is 0 Å². The first-order valence-electron chi connectivity index (χ1n) is 4.23. The van der Waals surface area contributed by atoms with Gasteiger partial charge in [0, 0.05) is 0 Å². The van der Waals surface area contributed by atoms with Gasteiger partial charge in [-0.15, -0.1) is 0 Å². The van der Waals surface area contributed by atoms with Crippen molar-refractivity contribution < 1.29 is 14.6 Å². The number of hydrogen-bond acceptors (Lipinski definition) is 3. The fourth-order valence-electron chi connectivity index (χ4n) is 0.698. The van der Waals surface area contributed by atoms with Crippen LogP contribution in [0.15, 0.2) is 12.2 Å². The molecular formula is C9H16O3. The topological polar surface area (TPSA) is 46.5 Å². The number of carbonyl (C=O) groups excluding carboxylic acids is 1. The quantitative estimate of drug-likeness (QED) is 0.501. The van der Waals surface area contributed by atoms with Crippen molar-refractivity contribution in [2.75, 3.05) is 6.61 Å². The summed E-state index contributed by atoms with van der Waals surface area (Å²) in [4.78, 5) is 10.8. The fraction of sp³-hybridized carbons (Fsp3) is 0.667. The SMILES string of the molecule is CCC/C=C/[C@@H](O)C(=O)OCC. The molecule has 0 spiro atoms. The predicted octanol–water partition coefficient (Wildman–Crippen LogP) is 1.27. The van der Waals surface area contributed by atoms with Gasteiger partial charge < -0.3 is 9.84 Å². The molecule has 1 N–H and O–H groups in total. The van der Waals surface area contributed by atoms with E-state index in [0.717, 1.165) is 12.8 Å². The number of allylic oxidation sites excluding steroid dienone is 1. The summed E-state index contributed by atoms with van der Waals surface area (Å²) < 4.78 is 4.59. The smallest absolute Gasteiger partial charge is 0.338 e. The standard InChI is InChI=1S/C9H16O3/c1-3-5-6-7-8(10)9(11)12-4-2/h6-8,10H,3-5H2,1-2H3/b7-6+/t8-/m1/s1. The molecule has 3 heteroatoms. The maximum Gasteiger partial charge on any atom is 0.338 e. The van der Waals surface area contributed by atoms with E-state index in [1.54, 1.807) is 13.0 Å². The van der Waals surface area contributed by atoms with Crippen LogP contribution in [-0.4, -0.2) is 23.8 Å². The number of carbonyl (C=O) groups is 1. The number of aliphatic hydroxyl groups is 1. The molecule has 0 aliphatic heterocycles. The van der Waals surface area contributed by atoms with Gasteiger partial charge in [-0.1, -0.05) is 19.4 Å². The maximum absolute atomic E-state index is 10.8. The van der Waals surface area contributed by atoms with Crippen LogP contribution in [0.5, 0.6) is 0 Å². The van der Waals surface area contributed by atoms with Crippen LogP contribution in [0.25, 0.3) is 0 Å². The first kappa shape index (κ1) is 11.2. The van der Waals surface area contributed by atoms with Gasteiger partial charge in [-0.05, 0) is 19.4 Å². The summed E-state index contributed by atoms with van der Waals surface area (Å²) in [5.41, 5.74) is 0. The lowest BCUT2D eigenvalue weighted by atomic mass is 10.2. The molecule has 0 aromatic rings. The highest BCUT2D eigenvalue weighted by Crippen LogP contribution is 1.94. The van der Waals surface area contributed by atoms with Crippen LogP contribution in [-0.2, 0) is 9.53 Å². The lowest BCUT2D eigenvalue weighted by Gasteiger charge is -2.03. The first-order valence-corrected chi connectivity index (χ1v) is 4.23. The molecule has 12 heavy (non-hydrogen) atoms. The monoisotopic (exact) mass is 172 g/mol.